The Morgan fingerprint density at radius 1 is 1.40 bits per heavy atom. The summed E-state index contributed by atoms with van der Waals surface area (Å²) in [6, 6.07) is 0. The first-order chi connectivity index (χ1) is 9.62. The highest BCUT2D eigenvalue weighted by Crippen LogP contribution is 2.23. The zero-order valence-corrected chi connectivity index (χ0v) is 12.4. The number of rotatable bonds is 6. The first kappa shape index (κ1) is 14.3. The third kappa shape index (κ3) is 2.45. The number of carbonyl (C=O) groups is 1. The molecule has 0 saturated carbocycles. The van der Waals surface area contributed by atoms with Crippen LogP contribution in [0.3, 0.4) is 0 Å². The molecule has 0 atom stereocenters. The van der Waals surface area contributed by atoms with E-state index in [1.807, 2.05) is 20.9 Å². The van der Waals surface area contributed by atoms with Gasteiger partial charge >= 0.3 is 0 Å². The van der Waals surface area contributed by atoms with Gasteiger partial charge in [-0.2, -0.15) is 10.2 Å². The van der Waals surface area contributed by atoms with Crippen molar-refractivity contribution in [1.29, 1.82) is 0 Å². The molecule has 2 heterocycles. The van der Waals surface area contributed by atoms with Crippen LogP contribution in [-0.4, -0.2) is 32.5 Å². The Labute approximate surface area is 118 Å². The topological polar surface area (TPSA) is 61.9 Å². The quantitative estimate of drug-likeness (QED) is 0.755. The van der Waals surface area contributed by atoms with Crippen LogP contribution in [-0.2, 0) is 20.0 Å². The van der Waals surface area contributed by atoms with Gasteiger partial charge in [-0.25, -0.2) is 0 Å². The number of hydrogen-bond acceptors (Lipinski definition) is 4. The third-order valence-electron chi connectivity index (χ3n) is 3.16. The highest BCUT2D eigenvalue weighted by Gasteiger charge is 2.24. The summed E-state index contributed by atoms with van der Waals surface area (Å²) in [6.45, 7) is 4.72. The molecule has 20 heavy (non-hydrogen) atoms. The van der Waals surface area contributed by atoms with Crippen molar-refractivity contribution in [3.8, 4) is 5.75 Å². The maximum absolute atomic E-state index is 12.8. The lowest BCUT2D eigenvalue weighted by atomic mass is 10.1. The number of hydrogen-bond donors (Lipinski definition) is 0. The minimum Gasteiger partial charge on any atom is -0.493 e. The van der Waals surface area contributed by atoms with Crippen LogP contribution in [0.2, 0.25) is 0 Å². The minimum atomic E-state index is -0.0854. The highest BCUT2D eigenvalue weighted by molar-refractivity contribution is 6.10. The zero-order chi connectivity index (χ0) is 14.7. The standard InChI is InChI=1S/C14H20N4O2/c1-5-7-18-13(12(20-4)8-15-18)14(19)10-9-17(3)16-11(10)6-2/h8-9H,5-7H2,1-4H3. The number of aromatic nitrogens is 4. The third-order valence-corrected chi connectivity index (χ3v) is 3.16. The lowest BCUT2D eigenvalue weighted by Crippen LogP contribution is -2.13. The molecule has 0 bridgehead atoms. The molecule has 2 rings (SSSR count). The summed E-state index contributed by atoms with van der Waals surface area (Å²) in [5.74, 6) is 0.423. The molecule has 0 aromatic carbocycles. The van der Waals surface area contributed by atoms with E-state index in [1.54, 1.807) is 28.9 Å². The Morgan fingerprint density at radius 2 is 2.15 bits per heavy atom. The molecule has 2 aromatic rings. The number of nitrogens with zero attached hydrogens (tertiary/aromatic N) is 4. The predicted octanol–water partition coefficient (Wildman–Crippen LogP) is 1.83. The summed E-state index contributed by atoms with van der Waals surface area (Å²) >= 11 is 0. The van der Waals surface area contributed by atoms with Gasteiger partial charge in [-0.3, -0.25) is 14.2 Å². The van der Waals surface area contributed by atoms with Crippen LogP contribution in [0.4, 0.5) is 0 Å². The fourth-order valence-corrected chi connectivity index (χ4v) is 2.24. The second kappa shape index (κ2) is 5.90. The van der Waals surface area contributed by atoms with Gasteiger partial charge in [-0.1, -0.05) is 13.8 Å². The number of ether oxygens (including phenoxy) is 1. The van der Waals surface area contributed by atoms with E-state index < -0.39 is 0 Å². The van der Waals surface area contributed by atoms with Crippen LogP contribution in [0.15, 0.2) is 12.4 Å². The SMILES string of the molecule is CCCn1ncc(OC)c1C(=O)c1cn(C)nc1CC. The molecule has 0 aliphatic rings. The van der Waals surface area contributed by atoms with Gasteiger partial charge in [0.05, 0.1) is 24.6 Å². The zero-order valence-electron chi connectivity index (χ0n) is 12.4. The molecule has 0 aliphatic carbocycles. The first-order valence-corrected chi connectivity index (χ1v) is 6.79. The summed E-state index contributed by atoms with van der Waals surface area (Å²) in [5.41, 5.74) is 1.91. The molecule has 6 nitrogen and oxygen atoms in total. The van der Waals surface area contributed by atoms with Crippen LogP contribution in [0, 0.1) is 0 Å². The number of ketones is 1. The lowest BCUT2D eigenvalue weighted by molar-refractivity contribution is 0.102. The van der Waals surface area contributed by atoms with Crippen LogP contribution >= 0.6 is 0 Å². The van der Waals surface area contributed by atoms with Gasteiger partial charge < -0.3 is 4.74 Å². The van der Waals surface area contributed by atoms with Crippen molar-refractivity contribution in [2.45, 2.75) is 33.2 Å². The van der Waals surface area contributed by atoms with E-state index in [2.05, 4.69) is 10.2 Å². The molecule has 108 valence electrons. The van der Waals surface area contributed by atoms with Crippen molar-refractivity contribution in [2.24, 2.45) is 7.05 Å². The van der Waals surface area contributed by atoms with Crippen molar-refractivity contribution in [3.63, 3.8) is 0 Å². The molecular formula is C14H20N4O2. The highest BCUT2D eigenvalue weighted by atomic mass is 16.5. The fourth-order valence-electron chi connectivity index (χ4n) is 2.24. The molecule has 0 unspecified atom stereocenters. The Hall–Kier alpha value is -2.11. The number of carbonyl (C=O) groups excluding carboxylic acids is 1. The average Bonchev–Trinajstić information content (AvgIpc) is 3.01. The van der Waals surface area contributed by atoms with E-state index >= 15 is 0 Å². The normalized spacial score (nSPS) is 10.8. The summed E-state index contributed by atoms with van der Waals surface area (Å²) in [4.78, 5) is 12.8. The van der Waals surface area contributed by atoms with E-state index in [1.165, 1.54) is 0 Å². The van der Waals surface area contributed by atoms with Crippen molar-refractivity contribution in [3.05, 3.63) is 29.3 Å². The fraction of sp³-hybridized carbons (Fsp3) is 0.500. The first-order valence-electron chi connectivity index (χ1n) is 6.79. The van der Waals surface area contributed by atoms with Crippen LogP contribution in [0.5, 0.6) is 5.75 Å². The van der Waals surface area contributed by atoms with E-state index in [0.717, 1.165) is 12.1 Å². The largest absolute Gasteiger partial charge is 0.493 e. The van der Waals surface area contributed by atoms with Crippen LogP contribution in [0.1, 0.15) is 42.0 Å². The number of aryl methyl sites for hydroxylation is 3. The monoisotopic (exact) mass is 276 g/mol. The Balaban J connectivity index is 2.49. The predicted molar refractivity (Wildman–Crippen MR) is 75.1 cm³/mol. The average molecular weight is 276 g/mol. The molecule has 0 spiro atoms. The van der Waals surface area contributed by atoms with E-state index in [4.69, 9.17) is 4.74 Å². The van der Waals surface area contributed by atoms with Gasteiger partial charge in [0, 0.05) is 19.8 Å². The Kier molecular flexibility index (Phi) is 4.22. The summed E-state index contributed by atoms with van der Waals surface area (Å²) in [7, 11) is 3.37. The van der Waals surface area contributed by atoms with Gasteiger partial charge in [0.25, 0.3) is 0 Å². The lowest BCUT2D eigenvalue weighted by Gasteiger charge is -2.07. The maximum Gasteiger partial charge on any atom is 0.218 e. The Bertz CT molecular complexity index is 613. The summed E-state index contributed by atoms with van der Waals surface area (Å²) in [5, 5.41) is 8.55. The van der Waals surface area contributed by atoms with Gasteiger partial charge in [0.2, 0.25) is 5.78 Å². The van der Waals surface area contributed by atoms with Crippen molar-refractivity contribution in [1.82, 2.24) is 19.6 Å². The van der Waals surface area contributed by atoms with Gasteiger partial charge in [0.1, 0.15) is 0 Å². The smallest absolute Gasteiger partial charge is 0.218 e. The molecule has 0 N–H and O–H groups in total. The molecule has 2 aromatic heterocycles. The summed E-state index contributed by atoms with van der Waals surface area (Å²) < 4.78 is 8.63. The maximum atomic E-state index is 12.8. The van der Waals surface area contributed by atoms with Gasteiger partial charge in [-0.05, 0) is 12.8 Å². The molecule has 6 heteroatoms. The van der Waals surface area contributed by atoms with Crippen molar-refractivity contribution >= 4 is 5.78 Å². The second-order valence-electron chi connectivity index (χ2n) is 4.63. The van der Waals surface area contributed by atoms with Crippen LogP contribution < -0.4 is 4.74 Å². The number of methoxy groups -OCH3 is 1. The second-order valence-corrected chi connectivity index (χ2v) is 4.63. The van der Waals surface area contributed by atoms with Gasteiger partial charge in [-0.15, -0.1) is 0 Å². The van der Waals surface area contributed by atoms with E-state index in [9.17, 15) is 4.79 Å². The van der Waals surface area contributed by atoms with E-state index in [0.29, 0.717) is 30.0 Å². The van der Waals surface area contributed by atoms with E-state index in [-0.39, 0.29) is 5.78 Å². The summed E-state index contributed by atoms with van der Waals surface area (Å²) in [6.07, 6.45) is 4.96. The molecule has 0 radical (unpaired) electrons. The minimum absolute atomic E-state index is 0.0854. The molecular weight excluding hydrogens is 256 g/mol. The Morgan fingerprint density at radius 3 is 2.75 bits per heavy atom. The molecule has 0 fully saturated rings. The molecule has 0 amide bonds. The molecule has 0 aliphatic heterocycles. The van der Waals surface area contributed by atoms with Crippen molar-refractivity contribution in [2.75, 3.05) is 7.11 Å². The van der Waals surface area contributed by atoms with Gasteiger partial charge in [0.15, 0.2) is 11.4 Å². The molecule has 0 saturated heterocycles. The van der Waals surface area contributed by atoms with Crippen molar-refractivity contribution < 1.29 is 9.53 Å². The van der Waals surface area contributed by atoms with Crippen LogP contribution in [0.25, 0.3) is 0 Å².